The van der Waals surface area contributed by atoms with E-state index in [1.54, 1.807) is 0 Å². The molecule has 1 unspecified atom stereocenters. The number of anilines is 2. The minimum atomic E-state index is 0.439. The zero-order valence-corrected chi connectivity index (χ0v) is 11.9. The van der Waals surface area contributed by atoms with Gasteiger partial charge in [-0.2, -0.15) is 4.98 Å². The Kier molecular flexibility index (Phi) is 3.02. The number of aromatic nitrogens is 2. The van der Waals surface area contributed by atoms with Crippen LogP contribution in [0.25, 0.3) is 0 Å². The minimum Gasteiger partial charge on any atom is -0.368 e. The lowest BCUT2D eigenvalue weighted by molar-refractivity contribution is 0.556. The van der Waals surface area contributed by atoms with Gasteiger partial charge >= 0.3 is 0 Å². The van der Waals surface area contributed by atoms with Crippen molar-refractivity contribution in [3.8, 4) is 0 Å². The lowest BCUT2D eigenvalue weighted by Crippen LogP contribution is -2.30. The van der Waals surface area contributed by atoms with Gasteiger partial charge in [-0.25, -0.2) is 4.98 Å². The predicted molar refractivity (Wildman–Crippen MR) is 79.8 cm³/mol. The summed E-state index contributed by atoms with van der Waals surface area (Å²) < 4.78 is 0. The molecule has 3 heterocycles. The molecule has 3 aliphatic rings. The SMILES string of the molecule is Nc1nc(C2CCCC2)cc(N2CC3NCC[C@H]3C2)n1. The van der Waals surface area contributed by atoms with Gasteiger partial charge in [0.1, 0.15) is 5.82 Å². The van der Waals surface area contributed by atoms with E-state index in [1.807, 2.05) is 0 Å². The van der Waals surface area contributed by atoms with Crippen LogP contribution in [-0.2, 0) is 0 Å². The Balaban J connectivity index is 1.58. The maximum absolute atomic E-state index is 5.95. The highest BCUT2D eigenvalue weighted by Crippen LogP contribution is 2.35. The topological polar surface area (TPSA) is 67.1 Å². The van der Waals surface area contributed by atoms with Gasteiger partial charge in [-0.3, -0.25) is 0 Å². The Bertz CT molecular complexity index is 485. The van der Waals surface area contributed by atoms with Crippen molar-refractivity contribution in [2.75, 3.05) is 30.3 Å². The fourth-order valence-corrected chi connectivity index (χ4v) is 4.10. The largest absolute Gasteiger partial charge is 0.368 e. The van der Waals surface area contributed by atoms with Crippen molar-refractivity contribution in [2.45, 2.75) is 44.1 Å². The van der Waals surface area contributed by atoms with E-state index < -0.39 is 0 Å². The summed E-state index contributed by atoms with van der Waals surface area (Å²) in [6, 6.07) is 2.83. The molecule has 108 valence electrons. The smallest absolute Gasteiger partial charge is 0.222 e. The third-order valence-electron chi connectivity index (χ3n) is 5.21. The molecule has 2 saturated heterocycles. The van der Waals surface area contributed by atoms with E-state index in [2.05, 4.69) is 26.3 Å². The Morgan fingerprint density at radius 2 is 2.00 bits per heavy atom. The fraction of sp³-hybridized carbons (Fsp3) is 0.733. The van der Waals surface area contributed by atoms with Crippen molar-refractivity contribution in [3.05, 3.63) is 11.8 Å². The number of rotatable bonds is 2. The molecule has 1 aromatic heterocycles. The van der Waals surface area contributed by atoms with Crippen LogP contribution in [0, 0.1) is 5.92 Å². The number of fused-ring (bicyclic) bond motifs is 1. The van der Waals surface area contributed by atoms with Crippen LogP contribution in [0.2, 0.25) is 0 Å². The van der Waals surface area contributed by atoms with Crippen LogP contribution in [0.4, 0.5) is 11.8 Å². The summed E-state index contributed by atoms with van der Waals surface area (Å²) in [5.74, 6) is 2.85. The van der Waals surface area contributed by atoms with E-state index in [1.165, 1.54) is 38.6 Å². The molecule has 0 radical (unpaired) electrons. The Hall–Kier alpha value is -1.36. The van der Waals surface area contributed by atoms with Gasteiger partial charge in [-0.1, -0.05) is 12.8 Å². The van der Waals surface area contributed by atoms with Gasteiger partial charge in [0.15, 0.2) is 0 Å². The summed E-state index contributed by atoms with van der Waals surface area (Å²) in [6.07, 6.45) is 6.44. The number of nitrogens with one attached hydrogen (secondary N) is 1. The van der Waals surface area contributed by atoms with E-state index in [4.69, 9.17) is 5.73 Å². The van der Waals surface area contributed by atoms with Crippen LogP contribution < -0.4 is 16.0 Å². The normalized spacial score (nSPS) is 30.1. The number of nitrogen functional groups attached to an aromatic ring is 1. The summed E-state index contributed by atoms with van der Waals surface area (Å²) in [5.41, 5.74) is 7.11. The predicted octanol–water partition coefficient (Wildman–Crippen LogP) is 1.51. The second-order valence-electron chi connectivity index (χ2n) is 6.50. The molecule has 0 bridgehead atoms. The molecule has 20 heavy (non-hydrogen) atoms. The standard InChI is InChI=1S/C15H23N5/c16-15-18-12(10-3-1-2-4-10)7-14(19-15)20-8-11-5-6-17-13(11)9-20/h7,10-11,13,17H,1-6,8-9H2,(H2,16,18,19)/t11-,13?/m0/s1. The van der Waals surface area contributed by atoms with E-state index in [0.717, 1.165) is 30.5 Å². The molecule has 1 aliphatic carbocycles. The molecular formula is C15H23N5. The highest BCUT2D eigenvalue weighted by molar-refractivity contribution is 5.46. The third-order valence-corrected chi connectivity index (χ3v) is 5.21. The first-order valence-corrected chi connectivity index (χ1v) is 7.92. The van der Waals surface area contributed by atoms with E-state index >= 15 is 0 Å². The highest BCUT2D eigenvalue weighted by atomic mass is 15.3. The van der Waals surface area contributed by atoms with Gasteiger partial charge in [0.2, 0.25) is 5.95 Å². The summed E-state index contributed by atoms with van der Waals surface area (Å²) in [5, 5.41) is 3.59. The highest BCUT2D eigenvalue weighted by Gasteiger charge is 2.36. The minimum absolute atomic E-state index is 0.439. The van der Waals surface area contributed by atoms with Crippen molar-refractivity contribution in [2.24, 2.45) is 5.92 Å². The van der Waals surface area contributed by atoms with Crippen LogP contribution in [0.3, 0.4) is 0 Å². The molecule has 5 heteroatoms. The molecule has 2 atom stereocenters. The van der Waals surface area contributed by atoms with Crippen LogP contribution in [0.5, 0.6) is 0 Å². The Morgan fingerprint density at radius 1 is 1.15 bits per heavy atom. The van der Waals surface area contributed by atoms with Crippen molar-refractivity contribution >= 4 is 11.8 Å². The zero-order valence-electron chi connectivity index (χ0n) is 11.9. The van der Waals surface area contributed by atoms with E-state index in [0.29, 0.717) is 17.9 Å². The monoisotopic (exact) mass is 273 g/mol. The van der Waals surface area contributed by atoms with Crippen molar-refractivity contribution in [3.63, 3.8) is 0 Å². The van der Waals surface area contributed by atoms with Gasteiger partial charge in [0, 0.05) is 31.1 Å². The summed E-state index contributed by atoms with van der Waals surface area (Å²) in [4.78, 5) is 11.4. The fourth-order valence-electron chi connectivity index (χ4n) is 4.10. The second kappa shape index (κ2) is 4.88. The molecule has 4 rings (SSSR count). The van der Waals surface area contributed by atoms with Crippen LogP contribution >= 0.6 is 0 Å². The zero-order chi connectivity index (χ0) is 13.5. The molecule has 0 aromatic carbocycles. The average Bonchev–Trinajstić information content (AvgIpc) is 3.14. The van der Waals surface area contributed by atoms with Crippen molar-refractivity contribution in [1.29, 1.82) is 0 Å². The molecule has 2 aliphatic heterocycles. The van der Waals surface area contributed by atoms with Gasteiger partial charge in [0.25, 0.3) is 0 Å². The molecule has 1 saturated carbocycles. The van der Waals surface area contributed by atoms with E-state index in [9.17, 15) is 0 Å². The third kappa shape index (κ3) is 2.14. The van der Waals surface area contributed by atoms with Gasteiger partial charge in [-0.15, -0.1) is 0 Å². The summed E-state index contributed by atoms with van der Waals surface area (Å²) >= 11 is 0. The molecule has 3 N–H and O–H groups in total. The van der Waals surface area contributed by atoms with Crippen LogP contribution in [0.1, 0.15) is 43.7 Å². The number of nitrogens with zero attached hydrogens (tertiary/aromatic N) is 3. The molecule has 5 nitrogen and oxygen atoms in total. The second-order valence-corrected chi connectivity index (χ2v) is 6.50. The molecule has 0 amide bonds. The van der Waals surface area contributed by atoms with Crippen LogP contribution in [-0.4, -0.2) is 35.6 Å². The van der Waals surface area contributed by atoms with Gasteiger partial charge in [0.05, 0.1) is 5.69 Å². The quantitative estimate of drug-likeness (QED) is 0.855. The molecule has 1 aromatic rings. The maximum Gasteiger partial charge on any atom is 0.222 e. The number of hydrogen-bond acceptors (Lipinski definition) is 5. The number of hydrogen-bond donors (Lipinski definition) is 2. The molecule has 3 fully saturated rings. The van der Waals surface area contributed by atoms with Gasteiger partial charge in [-0.05, 0) is 31.7 Å². The van der Waals surface area contributed by atoms with Crippen molar-refractivity contribution < 1.29 is 0 Å². The first kappa shape index (κ1) is 12.4. The Morgan fingerprint density at radius 3 is 2.80 bits per heavy atom. The lowest BCUT2D eigenvalue weighted by Gasteiger charge is -2.20. The Labute approximate surface area is 120 Å². The molecular weight excluding hydrogens is 250 g/mol. The lowest BCUT2D eigenvalue weighted by atomic mass is 10.0. The molecule has 0 spiro atoms. The number of nitrogens with two attached hydrogens (primary N) is 1. The summed E-state index contributed by atoms with van der Waals surface area (Å²) in [7, 11) is 0. The summed E-state index contributed by atoms with van der Waals surface area (Å²) in [6.45, 7) is 3.34. The first-order valence-electron chi connectivity index (χ1n) is 7.92. The van der Waals surface area contributed by atoms with Gasteiger partial charge < -0.3 is 16.0 Å². The average molecular weight is 273 g/mol. The maximum atomic E-state index is 5.95. The van der Waals surface area contributed by atoms with Crippen molar-refractivity contribution in [1.82, 2.24) is 15.3 Å². The van der Waals surface area contributed by atoms with Crippen LogP contribution in [0.15, 0.2) is 6.07 Å². The first-order chi connectivity index (χ1) is 9.79. The van der Waals surface area contributed by atoms with E-state index in [-0.39, 0.29) is 0 Å².